The van der Waals surface area contributed by atoms with Gasteiger partial charge in [-0.1, -0.05) is 0 Å². The summed E-state index contributed by atoms with van der Waals surface area (Å²) in [6.07, 6.45) is 5.23. The van der Waals surface area contributed by atoms with Gasteiger partial charge in [0.25, 0.3) is 0 Å². The Bertz CT molecular complexity index is 456. The number of aryl methyl sites for hydroxylation is 1. The highest BCUT2D eigenvalue weighted by molar-refractivity contribution is 5.97. The van der Waals surface area contributed by atoms with Crippen molar-refractivity contribution in [3.05, 3.63) is 17.5 Å². The maximum Gasteiger partial charge on any atom is 0.225 e. The van der Waals surface area contributed by atoms with Crippen LogP contribution in [0, 0.1) is 0 Å². The van der Waals surface area contributed by atoms with E-state index in [4.69, 9.17) is 4.74 Å². The maximum absolute atomic E-state index is 11.9. The highest BCUT2D eigenvalue weighted by Gasteiger charge is 2.20. The molecule has 1 aliphatic heterocycles. The van der Waals surface area contributed by atoms with Gasteiger partial charge in [-0.25, -0.2) is 9.97 Å². The monoisotopic (exact) mass is 247 g/mol. The van der Waals surface area contributed by atoms with Crippen molar-refractivity contribution in [2.24, 2.45) is 0 Å². The SMILES string of the molecule is O=C1CCCCc2nc(N3CCOCC3)ncc21. The summed E-state index contributed by atoms with van der Waals surface area (Å²) in [4.78, 5) is 22.9. The van der Waals surface area contributed by atoms with Crippen LogP contribution in [0.25, 0.3) is 0 Å². The molecule has 1 aromatic rings. The van der Waals surface area contributed by atoms with Crippen molar-refractivity contribution in [2.45, 2.75) is 25.7 Å². The van der Waals surface area contributed by atoms with Crippen LogP contribution in [0.5, 0.6) is 0 Å². The zero-order valence-corrected chi connectivity index (χ0v) is 10.4. The molecule has 1 fully saturated rings. The van der Waals surface area contributed by atoms with Gasteiger partial charge in [0.15, 0.2) is 5.78 Å². The second kappa shape index (κ2) is 5.02. The molecule has 0 atom stereocenters. The molecule has 0 spiro atoms. The van der Waals surface area contributed by atoms with Crippen molar-refractivity contribution in [2.75, 3.05) is 31.2 Å². The first-order valence-electron chi connectivity index (χ1n) is 6.56. The molecule has 0 unspecified atom stereocenters. The quantitative estimate of drug-likeness (QED) is 0.698. The third-order valence-corrected chi connectivity index (χ3v) is 3.52. The van der Waals surface area contributed by atoms with Gasteiger partial charge >= 0.3 is 0 Å². The van der Waals surface area contributed by atoms with Crippen LogP contribution in [-0.2, 0) is 11.2 Å². The fourth-order valence-electron chi connectivity index (χ4n) is 2.46. The first-order valence-corrected chi connectivity index (χ1v) is 6.56. The Hall–Kier alpha value is -1.49. The molecule has 2 aliphatic rings. The molecule has 1 saturated heterocycles. The largest absolute Gasteiger partial charge is 0.378 e. The maximum atomic E-state index is 11.9. The summed E-state index contributed by atoms with van der Waals surface area (Å²) >= 11 is 0. The number of fused-ring (bicyclic) bond motifs is 1. The van der Waals surface area contributed by atoms with Crippen molar-refractivity contribution >= 4 is 11.7 Å². The summed E-state index contributed by atoms with van der Waals surface area (Å²) in [6.45, 7) is 3.10. The second-order valence-electron chi connectivity index (χ2n) is 4.76. The molecular formula is C13H17N3O2. The van der Waals surface area contributed by atoms with Gasteiger partial charge in [-0.15, -0.1) is 0 Å². The molecule has 0 aromatic carbocycles. The zero-order chi connectivity index (χ0) is 12.4. The molecule has 0 amide bonds. The number of rotatable bonds is 1. The smallest absolute Gasteiger partial charge is 0.225 e. The normalized spacial score (nSPS) is 20.4. The summed E-state index contributed by atoms with van der Waals surface area (Å²) in [5.74, 6) is 0.933. The number of hydrogen-bond donors (Lipinski definition) is 0. The highest BCUT2D eigenvalue weighted by atomic mass is 16.5. The fourth-order valence-corrected chi connectivity index (χ4v) is 2.46. The van der Waals surface area contributed by atoms with Gasteiger partial charge in [-0.3, -0.25) is 4.79 Å². The zero-order valence-electron chi connectivity index (χ0n) is 10.4. The van der Waals surface area contributed by atoms with Crippen molar-refractivity contribution in [1.29, 1.82) is 0 Å². The molecule has 18 heavy (non-hydrogen) atoms. The van der Waals surface area contributed by atoms with Gasteiger partial charge in [-0.2, -0.15) is 0 Å². The average Bonchev–Trinajstić information content (AvgIpc) is 2.61. The van der Waals surface area contributed by atoms with E-state index < -0.39 is 0 Å². The molecule has 3 rings (SSSR count). The number of morpholine rings is 1. The van der Waals surface area contributed by atoms with Crippen LogP contribution >= 0.6 is 0 Å². The Morgan fingerprint density at radius 2 is 1.94 bits per heavy atom. The lowest BCUT2D eigenvalue weighted by Gasteiger charge is -2.27. The Kier molecular flexibility index (Phi) is 3.23. The van der Waals surface area contributed by atoms with E-state index in [0.717, 1.165) is 62.8 Å². The Balaban J connectivity index is 1.89. The number of carbonyl (C=O) groups excluding carboxylic acids is 1. The molecular weight excluding hydrogens is 230 g/mol. The Labute approximate surface area is 106 Å². The third-order valence-electron chi connectivity index (χ3n) is 3.52. The lowest BCUT2D eigenvalue weighted by atomic mass is 10.1. The molecule has 0 bridgehead atoms. The van der Waals surface area contributed by atoms with Crippen LogP contribution in [-0.4, -0.2) is 42.1 Å². The number of nitrogens with zero attached hydrogens (tertiary/aromatic N) is 3. The van der Waals surface area contributed by atoms with E-state index in [1.807, 2.05) is 0 Å². The first kappa shape index (κ1) is 11.6. The minimum absolute atomic E-state index is 0.191. The summed E-state index contributed by atoms with van der Waals surface area (Å²) in [5.41, 5.74) is 1.65. The minimum atomic E-state index is 0.191. The van der Waals surface area contributed by atoms with Crippen LogP contribution in [0.4, 0.5) is 5.95 Å². The van der Waals surface area contributed by atoms with Gasteiger partial charge in [0.1, 0.15) is 0 Å². The number of anilines is 1. The Morgan fingerprint density at radius 1 is 1.17 bits per heavy atom. The molecule has 2 heterocycles. The van der Waals surface area contributed by atoms with E-state index in [2.05, 4.69) is 14.9 Å². The molecule has 96 valence electrons. The molecule has 5 heteroatoms. The molecule has 0 saturated carbocycles. The number of hydrogen-bond acceptors (Lipinski definition) is 5. The van der Waals surface area contributed by atoms with Gasteiger partial charge in [0.05, 0.1) is 24.5 Å². The second-order valence-corrected chi connectivity index (χ2v) is 4.76. The van der Waals surface area contributed by atoms with E-state index in [-0.39, 0.29) is 5.78 Å². The van der Waals surface area contributed by atoms with E-state index >= 15 is 0 Å². The Morgan fingerprint density at radius 3 is 2.78 bits per heavy atom. The van der Waals surface area contributed by atoms with Crippen LogP contribution in [0.2, 0.25) is 0 Å². The van der Waals surface area contributed by atoms with Gasteiger partial charge in [0.2, 0.25) is 5.95 Å². The average molecular weight is 247 g/mol. The lowest BCUT2D eigenvalue weighted by Crippen LogP contribution is -2.37. The van der Waals surface area contributed by atoms with E-state index in [0.29, 0.717) is 6.42 Å². The molecule has 1 aliphatic carbocycles. The number of ether oxygens (including phenoxy) is 1. The van der Waals surface area contributed by atoms with Crippen molar-refractivity contribution in [1.82, 2.24) is 9.97 Å². The van der Waals surface area contributed by atoms with E-state index in [9.17, 15) is 4.79 Å². The fraction of sp³-hybridized carbons (Fsp3) is 0.615. The molecule has 1 aromatic heterocycles. The topological polar surface area (TPSA) is 55.3 Å². The predicted octanol–water partition coefficient (Wildman–Crippen LogP) is 1.22. The van der Waals surface area contributed by atoms with Crippen molar-refractivity contribution in [3.8, 4) is 0 Å². The van der Waals surface area contributed by atoms with Gasteiger partial charge in [-0.05, 0) is 19.3 Å². The number of Topliss-reactive ketones (excluding diaryl/α,β-unsaturated/α-hetero) is 1. The van der Waals surface area contributed by atoms with Gasteiger partial charge < -0.3 is 9.64 Å². The number of carbonyl (C=O) groups is 1. The first-order chi connectivity index (χ1) is 8.84. The number of ketones is 1. The summed E-state index contributed by atoms with van der Waals surface area (Å²) in [5, 5.41) is 0. The van der Waals surface area contributed by atoms with Crippen LogP contribution in [0.15, 0.2) is 6.20 Å². The highest BCUT2D eigenvalue weighted by Crippen LogP contribution is 2.20. The van der Waals surface area contributed by atoms with E-state index in [1.165, 1.54) is 0 Å². The van der Waals surface area contributed by atoms with Crippen LogP contribution in [0.1, 0.15) is 35.3 Å². The van der Waals surface area contributed by atoms with Gasteiger partial charge in [0, 0.05) is 25.7 Å². The van der Waals surface area contributed by atoms with Crippen LogP contribution < -0.4 is 4.90 Å². The number of aromatic nitrogens is 2. The minimum Gasteiger partial charge on any atom is -0.378 e. The molecule has 0 radical (unpaired) electrons. The molecule has 5 nitrogen and oxygen atoms in total. The van der Waals surface area contributed by atoms with Crippen molar-refractivity contribution in [3.63, 3.8) is 0 Å². The van der Waals surface area contributed by atoms with Crippen LogP contribution in [0.3, 0.4) is 0 Å². The molecule has 0 N–H and O–H groups in total. The standard InChI is InChI=1S/C13H17N3O2/c17-12-4-2-1-3-11-10(12)9-14-13(15-11)16-5-7-18-8-6-16/h9H,1-8H2. The summed E-state index contributed by atoms with van der Waals surface area (Å²) in [7, 11) is 0. The van der Waals surface area contributed by atoms with E-state index in [1.54, 1.807) is 6.20 Å². The summed E-state index contributed by atoms with van der Waals surface area (Å²) < 4.78 is 5.32. The lowest BCUT2D eigenvalue weighted by molar-refractivity contribution is 0.0981. The summed E-state index contributed by atoms with van der Waals surface area (Å²) in [6, 6.07) is 0. The third kappa shape index (κ3) is 2.22. The van der Waals surface area contributed by atoms with Crippen molar-refractivity contribution < 1.29 is 9.53 Å². The predicted molar refractivity (Wildman–Crippen MR) is 66.9 cm³/mol.